The van der Waals surface area contributed by atoms with Crippen molar-refractivity contribution in [1.29, 1.82) is 5.26 Å². The number of anilines is 3. The molecule has 4 aliphatic heterocycles. The van der Waals surface area contributed by atoms with Crippen molar-refractivity contribution in [1.82, 2.24) is 24.1 Å². The van der Waals surface area contributed by atoms with Gasteiger partial charge in [-0.1, -0.05) is 0 Å². The van der Waals surface area contributed by atoms with E-state index in [9.17, 15) is 37.2 Å². The molecule has 0 saturated carbocycles. The summed E-state index contributed by atoms with van der Waals surface area (Å²) in [6.45, 7) is 2.76. The van der Waals surface area contributed by atoms with Crippen LogP contribution in [0.25, 0.3) is 16.6 Å². The van der Waals surface area contributed by atoms with E-state index in [0.29, 0.717) is 55.9 Å². The molecular formula is C42H37F2N9O7S. The Bertz CT molecular complexity index is 2840. The molecule has 9 rings (SSSR count). The van der Waals surface area contributed by atoms with Crippen molar-refractivity contribution in [3.05, 3.63) is 112 Å². The third-order valence-corrected chi connectivity index (χ3v) is 13.0. The maximum absolute atomic E-state index is 15.1. The van der Waals surface area contributed by atoms with E-state index < -0.39 is 51.0 Å². The standard InChI is InChI=1S/C42H37F2N9O7S/c43-26-13-14-51(23-26)61(58,59)48-36-10-8-34(44)39(33(36)21-45)60-30-6-9-35-32(20-30)42(57)53(24-46-35)28-3-1-27(2-4-28)49-15-17-50(18-16-49)29-5-7-31-25(19-29)22-52(41(31)56)37-11-12-38(54)47-40(37)55/h1-10,19-20,24,26,37,48H,11-18,22-23H2,(H,47,54,55). The summed E-state index contributed by atoms with van der Waals surface area (Å²) in [7, 11) is -4.25. The average molecular weight is 850 g/mol. The number of amides is 3. The van der Waals surface area contributed by atoms with Gasteiger partial charge in [0.2, 0.25) is 11.8 Å². The number of piperidine rings is 1. The molecule has 19 heteroatoms. The lowest BCUT2D eigenvalue weighted by molar-refractivity contribution is -0.136. The molecule has 0 radical (unpaired) electrons. The molecule has 2 unspecified atom stereocenters. The molecule has 4 aromatic carbocycles. The second-order valence-corrected chi connectivity index (χ2v) is 16.9. The largest absolute Gasteiger partial charge is 0.453 e. The Labute approximate surface area is 347 Å². The highest BCUT2D eigenvalue weighted by Gasteiger charge is 2.39. The lowest BCUT2D eigenvalue weighted by atomic mass is 10.0. The third kappa shape index (κ3) is 7.48. The minimum absolute atomic E-state index is 0.00330. The summed E-state index contributed by atoms with van der Waals surface area (Å²) in [5, 5.41) is 12.4. The van der Waals surface area contributed by atoms with Crippen LogP contribution in [0.3, 0.4) is 0 Å². The maximum Gasteiger partial charge on any atom is 0.301 e. The smallest absolute Gasteiger partial charge is 0.301 e. The molecule has 3 fully saturated rings. The molecule has 0 bridgehead atoms. The Morgan fingerprint density at radius 1 is 0.869 bits per heavy atom. The lowest BCUT2D eigenvalue weighted by Crippen LogP contribution is -2.52. The van der Waals surface area contributed by atoms with Crippen molar-refractivity contribution in [2.45, 2.75) is 38.0 Å². The molecule has 312 valence electrons. The summed E-state index contributed by atoms with van der Waals surface area (Å²) >= 11 is 0. The summed E-state index contributed by atoms with van der Waals surface area (Å²) in [5.74, 6) is -2.49. The molecule has 16 nitrogen and oxygen atoms in total. The molecule has 0 aliphatic carbocycles. The zero-order valence-corrected chi connectivity index (χ0v) is 33.2. The van der Waals surface area contributed by atoms with Crippen molar-refractivity contribution < 1.29 is 36.3 Å². The second kappa shape index (κ2) is 15.6. The Kier molecular flexibility index (Phi) is 10.1. The Hall–Kier alpha value is -6.91. The van der Waals surface area contributed by atoms with Gasteiger partial charge in [-0.2, -0.15) is 18.0 Å². The minimum atomic E-state index is -4.25. The fourth-order valence-corrected chi connectivity index (χ4v) is 9.51. The molecular weight excluding hydrogens is 813 g/mol. The molecule has 61 heavy (non-hydrogen) atoms. The van der Waals surface area contributed by atoms with Gasteiger partial charge in [-0.25, -0.2) is 13.8 Å². The van der Waals surface area contributed by atoms with E-state index in [1.807, 2.05) is 24.3 Å². The van der Waals surface area contributed by atoms with Crippen LogP contribution >= 0.6 is 0 Å². The molecule has 2 atom stereocenters. The number of alkyl halides is 1. The van der Waals surface area contributed by atoms with E-state index >= 15 is 4.39 Å². The second-order valence-electron chi connectivity index (χ2n) is 15.2. The van der Waals surface area contributed by atoms with Crippen LogP contribution in [0.15, 0.2) is 83.9 Å². The number of hydrogen-bond donors (Lipinski definition) is 2. The highest BCUT2D eigenvalue weighted by atomic mass is 32.2. The van der Waals surface area contributed by atoms with Gasteiger partial charge >= 0.3 is 10.2 Å². The van der Waals surface area contributed by atoms with E-state index in [4.69, 9.17) is 4.74 Å². The molecule has 2 N–H and O–H groups in total. The first-order chi connectivity index (χ1) is 29.4. The van der Waals surface area contributed by atoms with Crippen molar-refractivity contribution in [3.63, 3.8) is 0 Å². The summed E-state index contributed by atoms with van der Waals surface area (Å²) in [6, 6.07) is 20.6. The van der Waals surface area contributed by atoms with E-state index in [-0.39, 0.29) is 54.6 Å². The number of piperazine rings is 1. The number of benzene rings is 4. The number of carbonyl (C=O) groups is 3. The number of ether oxygens (including phenoxy) is 1. The number of nitrogens with one attached hydrogen (secondary N) is 2. The van der Waals surface area contributed by atoms with Gasteiger partial charge in [-0.3, -0.25) is 33.8 Å². The summed E-state index contributed by atoms with van der Waals surface area (Å²) in [4.78, 5) is 61.5. The van der Waals surface area contributed by atoms with E-state index in [2.05, 4.69) is 24.8 Å². The fraction of sp³-hybridized carbons (Fsp3) is 0.286. The van der Waals surface area contributed by atoms with E-state index in [1.165, 1.54) is 29.1 Å². The molecule has 0 spiro atoms. The maximum atomic E-state index is 15.1. The number of halogens is 2. The van der Waals surface area contributed by atoms with Crippen LogP contribution in [0.2, 0.25) is 0 Å². The van der Waals surface area contributed by atoms with Gasteiger partial charge in [-0.05, 0) is 91.2 Å². The number of imide groups is 1. The monoisotopic (exact) mass is 849 g/mol. The highest BCUT2D eigenvalue weighted by molar-refractivity contribution is 7.90. The molecule has 3 amide bonds. The predicted octanol–water partition coefficient (Wildman–Crippen LogP) is 3.98. The molecule has 1 aromatic heterocycles. The van der Waals surface area contributed by atoms with Crippen LogP contribution in [-0.2, 0) is 26.3 Å². The van der Waals surface area contributed by atoms with Crippen molar-refractivity contribution in [2.24, 2.45) is 0 Å². The Balaban J connectivity index is 0.871. The van der Waals surface area contributed by atoms with Gasteiger partial charge in [0.15, 0.2) is 11.6 Å². The Morgan fingerprint density at radius 3 is 2.30 bits per heavy atom. The van der Waals surface area contributed by atoms with Crippen LogP contribution in [0.1, 0.15) is 40.7 Å². The van der Waals surface area contributed by atoms with Gasteiger partial charge < -0.3 is 19.4 Å². The third-order valence-electron chi connectivity index (χ3n) is 11.5. The number of carbonyl (C=O) groups excluding carboxylic acids is 3. The van der Waals surface area contributed by atoms with Crippen LogP contribution in [0.4, 0.5) is 25.8 Å². The van der Waals surface area contributed by atoms with E-state index in [0.717, 1.165) is 33.4 Å². The van der Waals surface area contributed by atoms with E-state index in [1.54, 1.807) is 29.2 Å². The molecule has 5 heterocycles. The number of aromatic nitrogens is 2. The predicted molar refractivity (Wildman–Crippen MR) is 219 cm³/mol. The minimum Gasteiger partial charge on any atom is -0.453 e. The molecule has 5 aromatic rings. The summed E-state index contributed by atoms with van der Waals surface area (Å²) in [6.07, 6.45) is 0.629. The van der Waals surface area contributed by atoms with Gasteiger partial charge in [0.25, 0.3) is 11.5 Å². The van der Waals surface area contributed by atoms with Crippen molar-refractivity contribution >= 4 is 55.9 Å². The quantitative estimate of drug-likeness (QED) is 0.204. The Morgan fingerprint density at radius 2 is 1.59 bits per heavy atom. The number of rotatable bonds is 9. The number of fused-ring (bicyclic) bond motifs is 2. The van der Waals surface area contributed by atoms with Gasteiger partial charge in [0, 0.05) is 69.2 Å². The zero-order chi connectivity index (χ0) is 42.6. The number of nitrogens with zero attached hydrogens (tertiary/aromatic N) is 7. The molecule has 3 saturated heterocycles. The topological polar surface area (TPSA) is 190 Å². The van der Waals surface area contributed by atoms with Crippen LogP contribution in [0, 0.1) is 17.1 Å². The number of hydrogen-bond acceptors (Lipinski definition) is 11. The summed E-state index contributed by atoms with van der Waals surface area (Å²) < 4.78 is 65.0. The van der Waals surface area contributed by atoms with Gasteiger partial charge in [0.1, 0.15) is 35.9 Å². The van der Waals surface area contributed by atoms with Gasteiger partial charge in [0.05, 0.1) is 22.3 Å². The van der Waals surface area contributed by atoms with Crippen LogP contribution in [-0.4, -0.2) is 96.4 Å². The average Bonchev–Trinajstić information content (AvgIpc) is 3.85. The van der Waals surface area contributed by atoms with Gasteiger partial charge in [-0.15, -0.1) is 0 Å². The first kappa shape index (κ1) is 39.5. The zero-order valence-electron chi connectivity index (χ0n) is 32.4. The summed E-state index contributed by atoms with van der Waals surface area (Å²) in [5.41, 5.74) is 3.09. The van der Waals surface area contributed by atoms with Crippen LogP contribution < -0.4 is 30.1 Å². The first-order valence-electron chi connectivity index (χ1n) is 19.6. The number of nitriles is 1. The first-order valence-corrected chi connectivity index (χ1v) is 21.0. The van der Waals surface area contributed by atoms with Crippen LogP contribution in [0.5, 0.6) is 11.5 Å². The normalized spacial score (nSPS) is 19.6. The SMILES string of the molecule is N#Cc1c(NS(=O)(=O)N2CCC(F)C2)ccc(F)c1Oc1ccc2ncn(-c3ccc(N4CCN(c5ccc6c(c5)CN(C5CCC(=O)NC5=O)C6=O)CC4)cc3)c(=O)c2c1. The van der Waals surface area contributed by atoms with Crippen molar-refractivity contribution in [3.8, 4) is 23.3 Å². The fourth-order valence-electron chi connectivity index (χ4n) is 8.23. The molecule has 4 aliphatic rings. The lowest BCUT2D eigenvalue weighted by Gasteiger charge is -2.37. The van der Waals surface area contributed by atoms with Crippen molar-refractivity contribution in [2.75, 3.05) is 53.8 Å². The highest BCUT2D eigenvalue weighted by Crippen LogP contribution is 2.35.